The van der Waals surface area contributed by atoms with Crippen molar-refractivity contribution < 1.29 is 35.6 Å². The van der Waals surface area contributed by atoms with Gasteiger partial charge in [0, 0.05) is 41.8 Å². The van der Waals surface area contributed by atoms with Crippen LogP contribution in [0.4, 0.5) is 36.4 Å². The molecule has 0 fully saturated rings. The molecule has 0 aliphatic rings. The minimum absolute atomic E-state index is 0.0513. The van der Waals surface area contributed by atoms with Crippen molar-refractivity contribution in [2.24, 2.45) is 0 Å². The molecule has 11 nitrogen and oxygen atoms in total. The average molecular weight is 531 g/mol. The Labute approximate surface area is 199 Å². The lowest BCUT2D eigenvalue weighted by Crippen LogP contribution is -2.27. The summed E-state index contributed by atoms with van der Waals surface area (Å²) < 4.78 is 80.7. The number of halogens is 3. The molecule has 3 N–H and O–H groups in total. The molecule has 0 aliphatic carbocycles. The first-order chi connectivity index (χ1) is 16.3. The third kappa shape index (κ3) is 6.97. The lowest BCUT2D eigenvalue weighted by atomic mass is 10.2. The van der Waals surface area contributed by atoms with Crippen LogP contribution in [0.2, 0.25) is 0 Å². The van der Waals surface area contributed by atoms with E-state index in [9.17, 15) is 26.2 Å². The third-order valence-corrected chi connectivity index (χ3v) is 6.03. The highest BCUT2D eigenvalue weighted by molar-refractivity contribution is 7.92. The lowest BCUT2D eigenvalue weighted by Gasteiger charge is -2.20. The number of hydrogen-bond acceptors (Lipinski definition) is 9. The van der Waals surface area contributed by atoms with E-state index in [4.69, 9.17) is 4.89 Å². The molecule has 0 aliphatic heterocycles. The van der Waals surface area contributed by atoms with Crippen molar-refractivity contribution in [2.45, 2.75) is 12.7 Å². The molecule has 0 radical (unpaired) electrons. The summed E-state index contributed by atoms with van der Waals surface area (Å²) >= 11 is 0. The molecule has 0 saturated heterocycles. The normalized spacial score (nSPS) is 12.1. The first-order valence-corrected chi connectivity index (χ1v) is 12.6. The maximum Gasteiger partial charge on any atom is 0.747 e. The van der Waals surface area contributed by atoms with Crippen LogP contribution in [-0.4, -0.2) is 41.6 Å². The van der Waals surface area contributed by atoms with Crippen LogP contribution >= 0.6 is 8.25 Å². The van der Waals surface area contributed by atoms with Crippen LogP contribution in [0, 0.1) is 0 Å². The highest BCUT2D eigenvalue weighted by atomic mass is 32.2. The van der Waals surface area contributed by atoms with Crippen LogP contribution in [0.3, 0.4) is 0 Å². The second-order valence-electron chi connectivity index (χ2n) is 7.00. The Hall–Kier alpha value is -3.55. The number of nitrogens with one attached hydrogen (secondary N) is 2. The van der Waals surface area contributed by atoms with Gasteiger partial charge in [0.15, 0.2) is 5.75 Å². The number of nitrogens with zero attached hydrogens (tertiary/aromatic N) is 4. The van der Waals surface area contributed by atoms with Crippen molar-refractivity contribution >= 4 is 41.5 Å². The van der Waals surface area contributed by atoms with E-state index in [1.54, 1.807) is 0 Å². The molecule has 1 aromatic carbocycles. The summed E-state index contributed by atoms with van der Waals surface area (Å²) in [5.41, 5.74) is -0.430. The molecule has 0 spiro atoms. The zero-order chi connectivity index (χ0) is 25.8. The van der Waals surface area contributed by atoms with Gasteiger partial charge in [-0.25, -0.2) is 22.9 Å². The first-order valence-electron chi connectivity index (χ1n) is 9.61. The summed E-state index contributed by atoms with van der Waals surface area (Å²) in [6, 6.07) is 8.69. The van der Waals surface area contributed by atoms with E-state index in [2.05, 4.69) is 30.1 Å². The van der Waals surface area contributed by atoms with E-state index in [0.29, 0.717) is 17.4 Å². The van der Waals surface area contributed by atoms with E-state index < -0.39 is 35.8 Å². The number of anilines is 4. The zero-order valence-electron chi connectivity index (χ0n) is 18.2. The van der Waals surface area contributed by atoms with Gasteiger partial charge in [-0.15, -0.1) is 4.89 Å². The van der Waals surface area contributed by atoms with E-state index >= 15 is 0 Å². The summed E-state index contributed by atoms with van der Waals surface area (Å²) in [6.45, 7) is -0.214. The van der Waals surface area contributed by atoms with Gasteiger partial charge in [0.05, 0.1) is 6.26 Å². The van der Waals surface area contributed by atoms with Gasteiger partial charge in [0.2, 0.25) is 16.0 Å². The molecule has 0 saturated carbocycles. The number of hydrogen-bond donors (Lipinski definition) is 3. The number of alkyl halides is 3. The second-order valence-corrected chi connectivity index (χ2v) is 9.67. The Morgan fingerprint density at radius 3 is 2.46 bits per heavy atom. The standard InChI is InChI=1S/C19H18F3N6O5PS/c1-28(35(2,31)32)17-12(4-3-9-23-17)10-24-16-15(19(20,21)22)11-25-18(27-16)26-13-5-7-14(8-6-13)33-34(29)30/h3-9,11H,10H2,1-2H3,(H2-,24,25,26,27,29,30)/p+1. The molecule has 2 heterocycles. The number of aromatic nitrogens is 3. The van der Waals surface area contributed by atoms with E-state index in [0.717, 1.165) is 10.6 Å². The number of sulfonamides is 1. The van der Waals surface area contributed by atoms with Gasteiger partial charge >= 0.3 is 14.4 Å². The molecule has 186 valence electrons. The summed E-state index contributed by atoms with van der Waals surface area (Å²) in [6.07, 6.45) is -1.81. The monoisotopic (exact) mass is 531 g/mol. The van der Waals surface area contributed by atoms with Crippen molar-refractivity contribution in [3.63, 3.8) is 0 Å². The highest BCUT2D eigenvalue weighted by Gasteiger charge is 2.35. The maximum absolute atomic E-state index is 13.5. The van der Waals surface area contributed by atoms with Gasteiger partial charge in [0.1, 0.15) is 17.2 Å². The number of benzene rings is 1. The maximum atomic E-state index is 13.5. The Morgan fingerprint density at radius 1 is 1.17 bits per heavy atom. The van der Waals surface area contributed by atoms with Crippen molar-refractivity contribution in [2.75, 3.05) is 28.2 Å². The van der Waals surface area contributed by atoms with Crippen LogP contribution in [0.5, 0.6) is 5.75 Å². The van der Waals surface area contributed by atoms with E-state index in [-0.39, 0.29) is 24.1 Å². The Kier molecular flexibility index (Phi) is 7.73. The van der Waals surface area contributed by atoms with Gasteiger partial charge in [-0.3, -0.25) is 4.31 Å². The van der Waals surface area contributed by atoms with Crippen LogP contribution in [-0.2, 0) is 27.3 Å². The van der Waals surface area contributed by atoms with Crippen LogP contribution < -0.4 is 19.5 Å². The summed E-state index contributed by atoms with van der Waals surface area (Å²) in [4.78, 5) is 20.4. The van der Waals surface area contributed by atoms with Crippen molar-refractivity contribution in [3.8, 4) is 5.75 Å². The molecule has 3 aromatic rings. The average Bonchev–Trinajstić information content (AvgIpc) is 2.77. The quantitative estimate of drug-likeness (QED) is 0.350. The predicted octanol–water partition coefficient (Wildman–Crippen LogP) is 3.67. The van der Waals surface area contributed by atoms with E-state index in [1.807, 2.05) is 0 Å². The molecule has 35 heavy (non-hydrogen) atoms. The second kappa shape index (κ2) is 10.4. The third-order valence-electron chi connectivity index (χ3n) is 4.50. The van der Waals surface area contributed by atoms with Gasteiger partial charge in [-0.2, -0.15) is 18.2 Å². The fourth-order valence-corrected chi connectivity index (χ4v) is 3.57. The summed E-state index contributed by atoms with van der Waals surface area (Å²) in [5, 5.41) is 5.32. The molecule has 0 amide bonds. The molecule has 1 unspecified atom stereocenters. The number of pyridine rings is 1. The lowest BCUT2D eigenvalue weighted by molar-refractivity contribution is -0.137. The van der Waals surface area contributed by atoms with Crippen molar-refractivity contribution in [3.05, 3.63) is 59.9 Å². The largest absolute Gasteiger partial charge is 0.747 e. The fourth-order valence-electron chi connectivity index (χ4n) is 2.79. The number of rotatable bonds is 9. The van der Waals surface area contributed by atoms with Gasteiger partial charge in [-0.05, 0) is 30.3 Å². The van der Waals surface area contributed by atoms with Crippen molar-refractivity contribution in [1.82, 2.24) is 15.0 Å². The summed E-state index contributed by atoms with van der Waals surface area (Å²) in [7, 11) is -5.22. The minimum atomic E-state index is -4.76. The minimum Gasteiger partial charge on any atom is -0.365 e. The molecule has 16 heteroatoms. The van der Waals surface area contributed by atoms with Gasteiger partial charge < -0.3 is 10.6 Å². The molecular weight excluding hydrogens is 512 g/mol. The topological polar surface area (TPSA) is 147 Å². The smallest absolute Gasteiger partial charge is 0.365 e. The first kappa shape index (κ1) is 26.1. The highest BCUT2D eigenvalue weighted by Crippen LogP contribution is 2.35. The Balaban J connectivity index is 1.87. The molecule has 2 aromatic heterocycles. The fraction of sp³-hybridized carbons (Fsp3) is 0.211. The van der Waals surface area contributed by atoms with Crippen LogP contribution in [0.25, 0.3) is 0 Å². The Morgan fingerprint density at radius 2 is 1.86 bits per heavy atom. The van der Waals surface area contributed by atoms with Crippen LogP contribution in [0.1, 0.15) is 11.1 Å². The zero-order valence-corrected chi connectivity index (χ0v) is 19.9. The van der Waals surface area contributed by atoms with E-state index in [1.165, 1.54) is 49.6 Å². The molecule has 0 bridgehead atoms. The van der Waals surface area contributed by atoms with Crippen molar-refractivity contribution in [1.29, 1.82) is 0 Å². The van der Waals surface area contributed by atoms with Gasteiger partial charge in [0.25, 0.3) is 0 Å². The molecule has 3 rings (SSSR count). The molecule has 1 atom stereocenters. The van der Waals surface area contributed by atoms with Gasteiger partial charge in [-0.1, -0.05) is 6.07 Å². The molecular formula is C19H19F3N6O5PS+. The predicted molar refractivity (Wildman–Crippen MR) is 122 cm³/mol. The van der Waals surface area contributed by atoms with Crippen LogP contribution in [0.15, 0.2) is 48.8 Å². The summed E-state index contributed by atoms with van der Waals surface area (Å²) in [5.74, 6) is -0.539. The SMILES string of the molecule is CN(c1ncccc1CNc1nc(Nc2ccc(O[P+](=O)O)cc2)ncc1C(F)(F)F)S(C)(=O)=O. The Bertz CT molecular complexity index is 1330.